The molecule has 2 heterocycles. The first-order valence-electron chi connectivity index (χ1n) is 5.89. The summed E-state index contributed by atoms with van der Waals surface area (Å²) in [5.74, 6) is 0.776. The number of fused-ring (bicyclic) bond motifs is 1. The van der Waals surface area contributed by atoms with Crippen molar-refractivity contribution in [2.75, 3.05) is 0 Å². The zero-order chi connectivity index (χ0) is 13.4. The molecule has 1 aromatic carbocycles. The monoisotopic (exact) mass is 314 g/mol. The van der Waals surface area contributed by atoms with Gasteiger partial charge in [-0.1, -0.05) is 29.8 Å². The molecule has 0 unspecified atom stereocenters. The fraction of sp³-hybridized carbons (Fsp3) is 0.0667. The Morgan fingerprint density at radius 1 is 1.21 bits per heavy atom. The SMILES string of the molecule is Cc1ccc(-c2nc(C=O)c3c(Br)cccn23)cc1. The molecule has 19 heavy (non-hydrogen) atoms. The number of aldehydes is 1. The van der Waals surface area contributed by atoms with Crippen LogP contribution in [0.3, 0.4) is 0 Å². The quantitative estimate of drug-likeness (QED) is 0.673. The first-order chi connectivity index (χ1) is 9.20. The second-order valence-electron chi connectivity index (χ2n) is 4.38. The molecular weight excluding hydrogens is 304 g/mol. The summed E-state index contributed by atoms with van der Waals surface area (Å²) in [4.78, 5) is 15.6. The summed E-state index contributed by atoms with van der Waals surface area (Å²) >= 11 is 3.47. The summed E-state index contributed by atoms with van der Waals surface area (Å²) in [6.45, 7) is 2.04. The van der Waals surface area contributed by atoms with Crippen molar-refractivity contribution in [3.05, 3.63) is 58.3 Å². The van der Waals surface area contributed by atoms with E-state index in [0.717, 1.165) is 27.7 Å². The number of nitrogens with zero attached hydrogens (tertiary/aromatic N) is 2. The van der Waals surface area contributed by atoms with Crippen LogP contribution in [0.5, 0.6) is 0 Å². The Bertz CT molecular complexity index is 760. The van der Waals surface area contributed by atoms with Gasteiger partial charge < -0.3 is 0 Å². The van der Waals surface area contributed by atoms with Crippen molar-refractivity contribution in [1.29, 1.82) is 0 Å². The molecular formula is C15H11BrN2O. The number of carbonyl (C=O) groups excluding carboxylic acids is 1. The summed E-state index contributed by atoms with van der Waals surface area (Å²) < 4.78 is 2.79. The highest BCUT2D eigenvalue weighted by Crippen LogP contribution is 2.27. The third-order valence-corrected chi connectivity index (χ3v) is 3.70. The zero-order valence-corrected chi connectivity index (χ0v) is 11.9. The number of aryl methyl sites for hydroxylation is 1. The molecule has 3 nitrogen and oxygen atoms in total. The van der Waals surface area contributed by atoms with Gasteiger partial charge in [0.1, 0.15) is 11.5 Å². The van der Waals surface area contributed by atoms with Gasteiger partial charge in [0.2, 0.25) is 0 Å². The average molecular weight is 315 g/mol. The lowest BCUT2D eigenvalue weighted by Crippen LogP contribution is -1.89. The molecule has 0 amide bonds. The van der Waals surface area contributed by atoms with Crippen LogP contribution in [0, 0.1) is 6.92 Å². The van der Waals surface area contributed by atoms with Crippen LogP contribution in [-0.2, 0) is 0 Å². The molecule has 0 saturated carbocycles. The van der Waals surface area contributed by atoms with E-state index in [1.54, 1.807) is 0 Å². The van der Waals surface area contributed by atoms with E-state index in [9.17, 15) is 4.79 Å². The zero-order valence-electron chi connectivity index (χ0n) is 10.3. The number of hydrogen-bond acceptors (Lipinski definition) is 2. The van der Waals surface area contributed by atoms with Gasteiger partial charge >= 0.3 is 0 Å². The third-order valence-electron chi connectivity index (χ3n) is 3.06. The molecule has 4 heteroatoms. The minimum atomic E-state index is 0.447. The number of halogens is 1. The van der Waals surface area contributed by atoms with E-state index in [4.69, 9.17) is 0 Å². The standard InChI is InChI=1S/C15H11BrN2O/c1-10-4-6-11(7-5-10)15-17-13(9-19)14-12(16)3-2-8-18(14)15/h2-9H,1H3. The van der Waals surface area contributed by atoms with Crippen molar-refractivity contribution in [2.24, 2.45) is 0 Å². The van der Waals surface area contributed by atoms with E-state index in [0.29, 0.717) is 5.69 Å². The van der Waals surface area contributed by atoms with E-state index in [1.165, 1.54) is 5.56 Å². The number of aromatic nitrogens is 2. The summed E-state index contributed by atoms with van der Waals surface area (Å²) in [5, 5.41) is 0. The Labute approximate surface area is 119 Å². The van der Waals surface area contributed by atoms with E-state index < -0.39 is 0 Å². The van der Waals surface area contributed by atoms with Gasteiger partial charge in [-0.2, -0.15) is 0 Å². The molecule has 3 rings (SSSR count). The van der Waals surface area contributed by atoms with Gasteiger partial charge in [0, 0.05) is 16.2 Å². The van der Waals surface area contributed by atoms with Gasteiger partial charge in [-0.25, -0.2) is 4.98 Å². The number of pyridine rings is 1. The van der Waals surface area contributed by atoms with Crippen LogP contribution in [-0.4, -0.2) is 15.7 Å². The molecule has 3 aromatic rings. The van der Waals surface area contributed by atoms with Gasteiger partial charge in [-0.3, -0.25) is 9.20 Å². The molecule has 0 bridgehead atoms. The van der Waals surface area contributed by atoms with Crippen molar-refractivity contribution in [3.63, 3.8) is 0 Å². The van der Waals surface area contributed by atoms with Crippen LogP contribution in [0.1, 0.15) is 16.1 Å². The van der Waals surface area contributed by atoms with E-state index in [2.05, 4.69) is 20.9 Å². The van der Waals surface area contributed by atoms with E-state index in [1.807, 2.05) is 53.9 Å². The highest BCUT2D eigenvalue weighted by atomic mass is 79.9. The first kappa shape index (κ1) is 12.1. The van der Waals surface area contributed by atoms with Gasteiger partial charge in [0.15, 0.2) is 6.29 Å². The minimum absolute atomic E-state index is 0.447. The van der Waals surface area contributed by atoms with Crippen molar-refractivity contribution in [3.8, 4) is 11.4 Å². The number of hydrogen-bond donors (Lipinski definition) is 0. The molecule has 0 aliphatic carbocycles. The van der Waals surface area contributed by atoms with Gasteiger partial charge in [-0.05, 0) is 35.0 Å². The summed E-state index contributed by atoms with van der Waals surface area (Å²) in [6.07, 6.45) is 2.70. The predicted molar refractivity (Wildman–Crippen MR) is 78.5 cm³/mol. The molecule has 94 valence electrons. The lowest BCUT2D eigenvalue weighted by molar-refractivity contribution is 0.112. The Morgan fingerprint density at radius 3 is 2.63 bits per heavy atom. The Hall–Kier alpha value is -1.94. The second kappa shape index (κ2) is 4.63. The topological polar surface area (TPSA) is 34.4 Å². The van der Waals surface area contributed by atoms with Crippen LogP contribution in [0.15, 0.2) is 47.1 Å². The highest BCUT2D eigenvalue weighted by Gasteiger charge is 2.13. The summed E-state index contributed by atoms with van der Waals surface area (Å²) in [7, 11) is 0. The molecule has 0 spiro atoms. The van der Waals surface area contributed by atoms with E-state index >= 15 is 0 Å². The fourth-order valence-electron chi connectivity index (χ4n) is 2.11. The van der Waals surface area contributed by atoms with Crippen LogP contribution >= 0.6 is 15.9 Å². The molecule has 0 aliphatic rings. The molecule has 0 N–H and O–H groups in total. The molecule has 0 saturated heterocycles. The van der Waals surface area contributed by atoms with Gasteiger partial charge in [-0.15, -0.1) is 0 Å². The second-order valence-corrected chi connectivity index (χ2v) is 5.23. The lowest BCUT2D eigenvalue weighted by atomic mass is 10.1. The third kappa shape index (κ3) is 1.98. The smallest absolute Gasteiger partial charge is 0.170 e. The summed E-state index contributed by atoms with van der Waals surface area (Å²) in [6, 6.07) is 11.9. The minimum Gasteiger partial charge on any atom is -0.298 e. The van der Waals surface area contributed by atoms with Crippen LogP contribution in [0.25, 0.3) is 16.9 Å². The van der Waals surface area contributed by atoms with Crippen LogP contribution in [0.4, 0.5) is 0 Å². The van der Waals surface area contributed by atoms with Crippen LogP contribution in [0.2, 0.25) is 0 Å². The largest absolute Gasteiger partial charge is 0.298 e. The van der Waals surface area contributed by atoms with Gasteiger partial charge in [0.05, 0.1) is 5.52 Å². The van der Waals surface area contributed by atoms with Crippen molar-refractivity contribution >= 4 is 27.7 Å². The Morgan fingerprint density at radius 2 is 1.95 bits per heavy atom. The van der Waals surface area contributed by atoms with Gasteiger partial charge in [0.25, 0.3) is 0 Å². The number of imidazole rings is 1. The van der Waals surface area contributed by atoms with E-state index in [-0.39, 0.29) is 0 Å². The normalized spacial score (nSPS) is 10.8. The lowest BCUT2D eigenvalue weighted by Gasteiger charge is -2.02. The maximum Gasteiger partial charge on any atom is 0.170 e. The number of benzene rings is 1. The highest BCUT2D eigenvalue weighted by molar-refractivity contribution is 9.10. The van der Waals surface area contributed by atoms with Crippen molar-refractivity contribution in [1.82, 2.24) is 9.38 Å². The number of carbonyl (C=O) groups is 1. The molecule has 0 aliphatic heterocycles. The van der Waals surface area contributed by atoms with Crippen molar-refractivity contribution in [2.45, 2.75) is 6.92 Å². The fourth-order valence-corrected chi connectivity index (χ4v) is 2.66. The maximum atomic E-state index is 11.2. The maximum absolute atomic E-state index is 11.2. The predicted octanol–water partition coefficient (Wildman–Crippen LogP) is 3.88. The first-order valence-corrected chi connectivity index (χ1v) is 6.69. The molecule has 0 atom stereocenters. The van der Waals surface area contributed by atoms with Crippen molar-refractivity contribution < 1.29 is 4.79 Å². The Kier molecular flexibility index (Phi) is 2.95. The molecule has 2 aromatic heterocycles. The van der Waals surface area contributed by atoms with Crippen LogP contribution < -0.4 is 0 Å². The average Bonchev–Trinajstić information content (AvgIpc) is 2.80. The Balaban J connectivity index is 2.33. The molecule has 0 fully saturated rings. The summed E-state index contributed by atoms with van der Waals surface area (Å²) in [5.41, 5.74) is 3.43. The number of rotatable bonds is 2. The molecule has 0 radical (unpaired) electrons.